The summed E-state index contributed by atoms with van der Waals surface area (Å²) >= 11 is 0. The first-order valence-electron chi connectivity index (χ1n) is 9.39. The third kappa shape index (κ3) is 3.56. The van der Waals surface area contributed by atoms with Crippen LogP contribution in [-0.4, -0.2) is 49.9 Å². The molecule has 31 heavy (non-hydrogen) atoms. The van der Waals surface area contributed by atoms with Crippen molar-refractivity contribution >= 4 is 23.8 Å². The van der Waals surface area contributed by atoms with Gasteiger partial charge in [0.1, 0.15) is 5.54 Å². The van der Waals surface area contributed by atoms with E-state index >= 15 is 0 Å². The van der Waals surface area contributed by atoms with Gasteiger partial charge in [-0.05, 0) is 38.5 Å². The van der Waals surface area contributed by atoms with Crippen LogP contribution in [0, 0.1) is 11.8 Å². The van der Waals surface area contributed by atoms with E-state index in [4.69, 9.17) is 0 Å². The lowest BCUT2D eigenvalue weighted by Gasteiger charge is -2.34. The SMILES string of the molecule is CC(C)(C)N1C(=O)C2C(c3cccc(C(F)(F)F)c3)NC(CC(=O)O)(C(=O)O)C2C1=O. The number of aliphatic carboxylic acids is 2. The van der Waals surface area contributed by atoms with Crippen LogP contribution < -0.4 is 5.32 Å². The van der Waals surface area contributed by atoms with Crippen molar-refractivity contribution in [3.05, 3.63) is 35.4 Å². The summed E-state index contributed by atoms with van der Waals surface area (Å²) in [5.74, 6) is -7.79. The van der Waals surface area contributed by atoms with Crippen LogP contribution in [0.15, 0.2) is 24.3 Å². The average molecular weight is 442 g/mol. The first kappa shape index (κ1) is 22.7. The van der Waals surface area contributed by atoms with Crippen LogP contribution in [0.25, 0.3) is 0 Å². The molecule has 4 atom stereocenters. The number of fused-ring (bicyclic) bond motifs is 1. The fourth-order valence-corrected chi connectivity index (χ4v) is 4.53. The first-order chi connectivity index (χ1) is 14.1. The summed E-state index contributed by atoms with van der Waals surface area (Å²) in [6.45, 7) is 4.66. The predicted molar refractivity (Wildman–Crippen MR) is 98.5 cm³/mol. The van der Waals surface area contributed by atoms with Crippen LogP contribution in [0.1, 0.15) is 44.4 Å². The van der Waals surface area contributed by atoms with E-state index in [0.717, 1.165) is 23.1 Å². The van der Waals surface area contributed by atoms with E-state index in [1.807, 2.05) is 0 Å². The number of likely N-dealkylation sites (tertiary alicyclic amines) is 1. The number of carbonyl (C=O) groups excluding carboxylic acids is 2. The Morgan fingerprint density at radius 1 is 1.13 bits per heavy atom. The van der Waals surface area contributed by atoms with Gasteiger partial charge in [-0.3, -0.25) is 29.4 Å². The number of carboxylic acid groups (broad SMARTS) is 2. The molecule has 1 aromatic rings. The summed E-state index contributed by atoms with van der Waals surface area (Å²) in [6, 6.07) is 2.67. The highest BCUT2D eigenvalue weighted by Gasteiger charge is 2.70. The maximum Gasteiger partial charge on any atom is 0.416 e. The normalized spacial score (nSPS) is 28.7. The van der Waals surface area contributed by atoms with Crippen molar-refractivity contribution in [3.8, 4) is 0 Å². The number of halogens is 3. The second kappa shape index (κ2) is 7.04. The van der Waals surface area contributed by atoms with Gasteiger partial charge in [-0.2, -0.15) is 13.2 Å². The molecule has 3 N–H and O–H groups in total. The number of carboxylic acids is 2. The second-order valence-corrected chi connectivity index (χ2v) is 8.78. The van der Waals surface area contributed by atoms with Gasteiger partial charge in [-0.15, -0.1) is 0 Å². The van der Waals surface area contributed by atoms with Crippen molar-refractivity contribution in [1.82, 2.24) is 10.2 Å². The third-order valence-electron chi connectivity index (χ3n) is 5.71. The monoisotopic (exact) mass is 442 g/mol. The number of hydrogen-bond acceptors (Lipinski definition) is 5. The minimum atomic E-state index is -4.69. The number of imide groups is 1. The van der Waals surface area contributed by atoms with Gasteiger partial charge in [0, 0.05) is 11.6 Å². The van der Waals surface area contributed by atoms with E-state index in [1.165, 1.54) is 6.07 Å². The highest BCUT2D eigenvalue weighted by Crippen LogP contribution is 2.51. The number of nitrogens with one attached hydrogen (secondary N) is 1. The van der Waals surface area contributed by atoms with Crippen LogP contribution in [0.3, 0.4) is 0 Å². The van der Waals surface area contributed by atoms with Gasteiger partial charge in [0.25, 0.3) is 0 Å². The summed E-state index contributed by atoms with van der Waals surface area (Å²) in [7, 11) is 0. The lowest BCUT2D eigenvalue weighted by molar-refractivity contribution is -0.157. The number of benzene rings is 1. The van der Waals surface area contributed by atoms with Crippen LogP contribution in [0.4, 0.5) is 13.2 Å². The Morgan fingerprint density at radius 3 is 2.23 bits per heavy atom. The quantitative estimate of drug-likeness (QED) is 0.610. The number of amides is 2. The summed E-state index contributed by atoms with van der Waals surface area (Å²) < 4.78 is 39.6. The second-order valence-electron chi connectivity index (χ2n) is 8.78. The Kier molecular flexibility index (Phi) is 5.16. The number of carbonyl (C=O) groups is 4. The molecule has 2 fully saturated rings. The lowest BCUT2D eigenvalue weighted by atomic mass is 9.77. The molecule has 168 valence electrons. The highest BCUT2D eigenvalue weighted by molar-refractivity contribution is 6.10. The van der Waals surface area contributed by atoms with Crippen molar-refractivity contribution in [2.24, 2.45) is 11.8 Å². The molecule has 11 heteroatoms. The van der Waals surface area contributed by atoms with Crippen LogP contribution in [0.5, 0.6) is 0 Å². The number of rotatable bonds is 4. The average Bonchev–Trinajstić information content (AvgIpc) is 3.08. The molecule has 3 rings (SSSR count). The predicted octanol–water partition coefficient (Wildman–Crippen LogP) is 2.05. The van der Waals surface area contributed by atoms with E-state index in [0.29, 0.717) is 0 Å². The number of alkyl halides is 3. The third-order valence-corrected chi connectivity index (χ3v) is 5.71. The molecule has 2 saturated heterocycles. The van der Waals surface area contributed by atoms with Crippen molar-refractivity contribution in [2.75, 3.05) is 0 Å². The zero-order valence-electron chi connectivity index (χ0n) is 16.9. The van der Waals surface area contributed by atoms with E-state index in [2.05, 4.69) is 5.32 Å². The first-order valence-corrected chi connectivity index (χ1v) is 9.39. The van der Waals surface area contributed by atoms with Gasteiger partial charge in [0.15, 0.2) is 0 Å². The molecule has 8 nitrogen and oxygen atoms in total. The van der Waals surface area contributed by atoms with E-state index in [1.54, 1.807) is 20.8 Å². The standard InChI is InChI=1S/C20H21F3N2O6/c1-18(2,3)25-15(28)12-13(16(25)29)19(17(30)31,8-11(26)27)24-14(12)9-5-4-6-10(7-9)20(21,22)23/h4-7,12-14,24H,8H2,1-3H3,(H,26,27)(H,30,31). The fourth-order valence-electron chi connectivity index (χ4n) is 4.53. The van der Waals surface area contributed by atoms with E-state index < -0.39 is 70.9 Å². The molecule has 0 saturated carbocycles. The fraction of sp³-hybridized carbons (Fsp3) is 0.500. The van der Waals surface area contributed by atoms with Gasteiger partial charge in [0.05, 0.1) is 23.8 Å². The molecule has 0 spiro atoms. The van der Waals surface area contributed by atoms with Gasteiger partial charge in [-0.25, -0.2) is 0 Å². The van der Waals surface area contributed by atoms with Gasteiger partial charge < -0.3 is 10.2 Å². The minimum absolute atomic E-state index is 0.0600. The van der Waals surface area contributed by atoms with Crippen LogP contribution in [0.2, 0.25) is 0 Å². The molecular weight excluding hydrogens is 421 g/mol. The minimum Gasteiger partial charge on any atom is -0.481 e. The molecule has 1 aromatic carbocycles. The van der Waals surface area contributed by atoms with Crippen LogP contribution in [-0.2, 0) is 25.4 Å². The molecule has 4 unspecified atom stereocenters. The zero-order valence-corrected chi connectivity index (χ0v) is 16.9. The summed E-state index contributed by atoms with van der Waals surface area (Å²) in [5, 5.41) is 21.8. The highest BCUT2D eigenvalue weighted by atomic mass is 19.4. The van der Waals surface area contributed by atoms with Crippen molar-refractivity contribution in [1.29, 1.82) is 0 Å². The Bertz CT molecular complexity index is 970. The maximum absolute atomic E-state index is 13.2. The molecule has 0 aromatic heterocycles. The van der Waals surface area contributed by atoms with Crippen molar-refractivity contribution in [3.63, 3.8) is 0 Å². The molecule has 0 aliphatic carbocycles. The summed E-state index contributed by atoms with van der Waals surface area (Å²) in [4.78, 5) is 51.0. The number of nitrogens with zero attached hydrogens (tertiary/aromatic N) is 1. The molecule has 2 amide bonds. The molecule has 2 aliphatic rings. The van der Waals surface area contributed by atoms with Gasteiger partial charge in [-0.1, -0.05) is 12.1 Å². The molecule has 2 aliphatic heterocycles. The van der Waals surface area contributed by atoms with Gasteiger partial charge >= 0.3 is 18.1 Å². The Hall–Kier alpha value is -2.95. The largest absolute Gasteiger partial charge is 0.481 e. The molecule has 0 bridgehead atoms. The Labute approximate surface area is 175 Å². The van der Waals surface area contributed by atoms with Crippen molar-refractivity contribution < 1.29 is 42.6 Å². The zero-order chi connectivity index (χ0) is 23.5. The Morgan fingerprint density at radius 2 is 1.74 bits per heavy atom. The Balaban J connectivity index is 2.21. The molecular formula is C20H21F3N2O6. The summed E-state index contributed by atoms with van der Waals surface area (Å²) in [5.41, 5.74) is -4.47. The maximum atomic E-state index is 13.2. The molecule has 0 radical (unpaired) electrons. The van der Waals surface area contributed by atoms with Crippen molar-refractivity contribution in [2.45, 2.75) is 50.5 Å². The summed E-state index contributed by atoms with van der Waals surface area (Å²) in [6.07, 6.45) is -5.72. The smallest absolute Gasteiger partial charge is 0.416 e. The number of hydrogen-bond donors (Lipinski definition) is 3. The van der Waals surface area contributed by atoms with Crippen LogP contribution >= 0.6 is 0 Å². The van der Waals surface area contributed by atoms with E-state index in [9.17, 15) is 42.6 Å². The van der Waals surface area contributed by atoms with Gasteiger partial charge in [0.2, 0.25) is 11.8 Å². The lowest BCUT2D eigenvalue weighted by Crippen LogP contribution is -2.58. The molecule has 2 heterocycles. The topological polar surface area (TPSA) is 124 Å². The van der Waals surface area contributed by atoms with E-state index in [-0.39, 0.29) is 5.56 Å².